The molecular weight excluding hydrogens is 1750 g/mol. The van der Waals surface area contributed by atoms with Gasteiger partial charge in [-0.1, -0.05) is 305 Å². The zero-order valence-corrected chi connectivity index (χ0v) is 86.3. The Kier molecular flexibility index (Phi) is 33.6. The molecule has 4 aliphatic carbocycles. The Hall–Kier alpha value is -11.7. The summed E-state index contributed by atoms with van der Waals surface area (Å²) in [6.07, 6.45) is 30.8. The second-order valence-electron chi connectivity index (χ2n) is 40.1. The highest BCUT2D eigenvalue weighted by Crippen LogP contribution is 2.61. The third-order valence-electron chi connectivity index (χ3n) is 30.7. The number of ether oxygens (including phenoxy) is 6. The monoisotopic (exact) mass is 1890 g/mol. The van der Waals surface area contributed by atoms with E-state index < -0.39 is 9.84 Å². The lowest BCUT2D eigenvalue weighted by Gasteiger charge is -2.33. The zero-order chi connectivity index (χ0) is 97.8. The summed E-state index contributed by atoms with van der Waals surface area (Å²) >= 11 is 0. The molecule has 0 N–H and O–H groups in total. The van der Waals surface area contributed by atoms with E-state index >= 15 is 0 Å². The first-order valence-electron chi connectivity index (χ1n) is 53.7. The van der Waals surface area contributed by atoms with Crippen LogP contribution >= 0.6 is 0 Å². The number of hydrogen-bond donors (Lipinski definition) is 0. The van der Waals surface area contributed by atoms with Crippen LogP contribution in [0.15, 0.2) is 240 Å². The maximum absolute atomic E-state index is 14.6. The van der Waals surface area contributed by atoms with Gasteiger partial charge in [0.2, 0.25) is 9.84 Å². The largest absolute Gasteiger partial charge is 0.491 e. The molecule has 0 unspecified atom stereocenters. The second kappa shape index (κ2) is 47.0. The minimum atomic E-state index is -3.80. The molecule has 17 rings (SSSR count). The van der Waals surface area contributed by atoms with Crippen LogP contribution in [0.5, 0.6) is 11.5 Å². The van der Waals surface area contributed by atoms with Crippen molar-refractivity contribution in [2.24, 2.45) is 0 Å². The van der Waals surface area contributed by atoms with Crippen LogP contribution in [0, 0.1) is 47.4 Å². The minimum absolute atomic E-state index is 0.142. The van der Waals surface area contributed by atoms with Crippen LogP contribution in [0.2, 0.25) is 0 Å². The molecule has 0 aromatic heterocycles. The Morgan fingerprint density at radius 1 is 0.199 bits per heavy atom. The zero-order valence-electron chi connectivity index (χ0n) is 85.5. The van der Waals surface area contributed by atoms with Crippen LogP contribution in [0.25, 0.3) is 77.9 Å². The predicted octanol–water partition coefficient (Wildman–Crippen LogP) is 32.4. The predicted molar refractivity (Wildman–Crippen MR) is 583 cm³/mol. The van der Waals surface area contributed by atoms with Crippen molar-refractivity contribution >= 4 is 9.84 Å². The van der Waals surface area contributed by atoms with E-state index in [1.54, 1.807) is 12.1 Å². The maximum Gasteiger partial charge on any atom is 0.207 e. The molecule has 726 valence electrons. The van der Waals surface area contributed by atoms with E-state index in [0.717, 1.165) is 249 Å². The van der Waals surface area contributed by atoms with Gasteiger partial charge in [0.1, 0.15) is 24.7 Å². The van der Waals surface area contributed by atoms with E-state index in [0.29, 0.717) is 73.8 Å². The lowest BCUT2D eigenvalue weighted by Crippen LogP contribution is -2.26. The van der Waals surface area contributed by atoms with Gasteiger partial charge in [-0.3, -0.25) is 0 Å². The molecule has 8 nitrogen and oxygen atoms in total. The Morgan fingerprint density at radius 3 is 0.645 bits per heavy atom. The van der Waals surface area contributed by atoms with Gasteiger partial charge in [0.05, 0.1) is 49.4 Å². The van der Waals surface area contributed by atoms with Crippen molar-refractivity contribution in [3.05, 3.63) is 320 Å². The summed E-state index contributed by atoms with van der Waals surface area (Å²) in [5, 5.41) is 0. The van der Waals surface area contributed by atoms with Gasteiger partial charge < -0.3 is 28.4 Å². The van der Waals surface area contributed by atoms with E-state index in [9.17, 15) is 8.42 Å². The summed E-state index contributed by atoms with van der Waals surface area (Å²) in [7, 11) is -3.80. The Labute approximate surface area is 843 Å². The summed E-state index contributed by atoms with van der Waals surface area (Å²) in [5.41, 5.74) is 35.1. The molecule has 0 radical (unpaired) electrons. The highest BCUT2D eigenvalue weighted by Gasteiger charge is 2.48. The van der Waals surface area contributed by atoms with Crippen molar-refractivity contribution in [3.8, 4) is 137 Å². The van der Waals surface area contributed by atoms with Gasteiger partial charge >= 0.3 is 0 Å². The van der Waals surface area contributed by atoms with Gasteiger partial charge in [0.25, 0.3) is 0 Å². The molecule has 0 fully saturated rings. The van der Waals surface area contributed by atoms with Crippen LogP contribution in [-0.2, 0) is 50.4 Å². The highest BCUT2D eigenvalue weighted by atomic mass is 32.2. The molecule has 0 spiro atoms. The van der Waals surface area contributed by atoms with Crippen molar-refractivity contribution in [1.82, 2.24) is 0 Å². The number of fused-ring (bicyclic) bond motifs is 15. The Morgan fingerprint density at radius 2 is 0.397 bits per heavy atom. The van der Waals surface area contributed by atoms with E-state index in [1.165, 1.54) is 111 Å². The average Bonchev–Trinajstić information content (AvgIpc) is 1.41. The number of unbranched alkanes of at least 4 members (excludes halogenated alkanes) is 10. The molecule has 9 heteroatoms. The topological polar surface area (TPSA) is 89.5 Å². The molecule has 12 aromatic rings. The van der Waals surface area contributed by atoms with Gasteiger partial charge in [-0.15, -0.1) is 0 Å². The van der Waals surface area contributed by atoms with E-state index in [-0.39, 0.29) is 21.7 Å². The fourth-order valence-corrected chi connectivity index (χ4v) is 24.8. The third kappa shape index (κ3) is 21.5. The molecule has 5 aliphatic rings. The van der Waals surface area contributed by atoms with Crippen molar-refractivity contribution in [3.63, 3.8) is 0 Å². The summed E-state index contributed by atoms with van der Waals surface area (Å²) in [5.74, 6) is 30.2. The van der Waals surface area contributed by atoms with Gasteiger partial charge in [-0.05, 0) is 333 Å². The standard InChI is InChI=1S/C132H144O8S/c1-11-21-67-129(68-22-12-2)119-87-99(33-31-95-39-53-107(54-40-95)139-83-81-137-79-77-135-75-29-19-9)43-57-109(119)113-61-49-103(91-123(113)129)105-51-63-115-111-59-45-101(89-121(111)131(71-25-15-5,72-26-16-6)125(115)93-105)37-35-97-47-65-127-117(85-97)118-86-98(48-66-128(118)141(127,133)134)36-38-102-46-60-112-116-64-52-106(94-126(116)132(73-27-17-7,74-28-18-8)122(112)90-102)104-50-62-114-110-58-44-100(88-120(110)130(69-23-13-3,70-24-14-4)124(114)92-104)34-32-96-41-55-108(56-42-96)140-84-82-138-80-78-136-76-30-20-10/h39-66,85-94H,11-30,67-84H2,1-10H3. The molecule has 0 bridgehead atoms. The van der Waals surface area contributed by atoms with E-state index in [4.69, 9.17) is 28.4 Å². The molecule has 0 atom stereocenters. The van der Waals surface area contributed by atoms with Crippen molar-refractivity contribution in [2.75, 3.05) is 66.1 Å². The number of rotatable bonds is 46. The molecule has 141 heavy (non-hydrogen) atoms. The SMILES string of the molecule is CCCCOCCOCCOc1ccc(C#Cc2ccc3c(c2)C(CCCC)(CCCC)c2cc(-c4ccc5c(c4)C(CCCC)(CCCC)c4cc(C#Cc6ccc7c(c6)-c6cc(C#Cc8ccc9c(c8)C(CCCC)(CCCC)c8cc(-c%10ccc%11c(c%10)C(CCCC)(CCCC)c%10cc(C#Cc%12ccc(OCCOCCOCCCC)cc%12)ccc%10-%11)ccc8-9)ccc6S7(=O)=O)ccc4-5)ccc2-3)cc1. The molecular formula is C132H144O8S. The summed E-state index contributed by atoms with van der Waals surface area (Å²) in [4.78, 5) is 0.613. The molecule has 1 heterocycles. The van der Waals surface area contributed by atoms with Crippen LogP contribution < -0.4 is 9.47 Å². The molecule has 12 aromatic carbocycles. The minimum Gasteiger partial charge on any atom is -0.491 e. The van der Waals surface area contributed by atoms with Crippen molar-refractivity contribution in [2.45, 2.75) is 280 Å². The molecule has 0 saturated heterocycles. The number of benzene rings is 12. The third-order valence-corrected chi connectivity index (χ3v) is 32.6. The van der Waals surface area contributed by atoms with Crippen molar-refractivity contribution < 1.29 is 36.8 Å². The van der Waals surface area contributed by atoms with Gasteiger partial charge in [0, 0.05) is 90.5 Å². The fourth-order valence-electron chi connectivity index (χ4n) is 23.1. The summed E-state index contributed by atoms with van der Waals surface area (Å²) in [6, 6.07) is 84.9. The normalized spacial score (nSPS) is 14.1. The van der Waals surface area contributed by atoms with Gasteiger partial charge in [0.15, 0.2) is 0 Å². The van der Waals surface area contributed by atoms with E-state index in [1.807, 2.05) is 72.8 Å². The first-order valence-corrected chi connectivity index (χ1v) is 55.2. The number of hydrogen-bond acceptors (Lipinski definition) is 8. The quantitative estimate of drug-likeness (QED) is 0.0275. The van der Waals surface area contributed by atoms with Crippen LogP contribution in [-0.4, -0.2) is 74.5 Å². The lowest BCUT2D eigenvalue weighted by atomic mass is 9.69. The highest BCUT2D eigenvalue weighted by molar-refractivity contribution is 7.92. The Balaban J connectivity index is 0.616. The molecule has 1 aliphatic heterocycles. The summed E-state index contributed by atoms with van der Waals surface area (Å²) < 4.78 is 64.0. The maximum atomic E-state index is 14.6. The van der Waals surface area contributed by atoms with Gasteiger partial charge in [-0.25, -0.2) is 8.42 Å². The van der Waals surface area contributed by atoms with Crippen LogP contribution in [0.4, 0.5) is 0 Å². The average molecular weight is 1890 g/mol. The van der Waals surface area contributed by atoms with Crippen molar-refractivity contribution in [1.29, 1.82) is 0 Å². The lowest BCUT2D eigenvalue weighted by molar-refractivity contribution is 0.0356. The van der Waals surface area contributed by atoms with E-state index in [2.05, 4.69) is 262 Å². The van der Waals surface area contributed by atoms with Gasteiger partial charge in [-0.2, -0.15) is 0 Å². The smallest absolute Gasteiger partial charge is 0.207 e. The number of sulfone groups is 1. The Bertz CT molecular complexity index is 6400. The molecule has 0 amide bonds. The van der Waals surface area contributed by atoms with Crippen LogP contribution in [0.3, 0.4) is 0 Å². The summed E-state index contributed by atoms with van der Waals surface area (Å²) in [6.45, 7) is 28.9. The first-order chi connectivity index (χ1) is 69.1. The van der Waals surface area contributed by atoms with Crippen LogP contribution in [0.1, 0.15) is 338 Å². The fraction of sp³-hybridized carbons (Fsp3) is 0.394. The molecule has 0 saturated carbocycles. The first kappa shape index (κ1) is 101. The second-order valence-corrected chi connectivity index (χ2v) is 42.0.